The molecule has 9 heteroatoms. The topological polar surface area (TPSA) is 97.1 Å². The monoisotopic (exact) mass is 504 g/mol. The molecule has 0 fully saturated rings. The van der Waals surface area contributed by atoms with Gasteiger partial charge in [-0.15, -0.1) is 0 Å². The number of nitrogens with one attached hydrogen (secondary N) is 1. The molecule has 7 nitrogen and oxygen atoms in total. The lowest BCUT2D eigenvalue weighted by molar-refractivity contribution is -0.129. The van der Waals surface area contributed by atoms with Gasteiger partial charge in [0.25, 0.3) is 0 Å². The Kier molecular flexibility index (Phi) is 6.21. The number of ketones is 1. The molecule has 0 saturated heterocycles. The van der Waals surface area contributed by atoms with Crippen LogP contribution >= 0.6 is 23.2 Å². The first-order valence-corrected chi connectivity index (χ1v) is 11.5. The van der Waals surface area contributed by atoms with Crippen molar-refractivity contribution >= 4 is 56.7 Å². The fraction of sp³-hybridized carbons (Fsp3) is 0.0769. The number of amides is 1. The minimum atomic E-state index is -0.635. The van der Waals surface area contributed by atoms with Crippen LogP contribution < -0.4 is 5.48 Å². The van der Waals surface area contributed by atoms with Crippen molar-refractivity contribution in [2.45, 2.75) is 12.8 Å². The number of Topliss-reactive ketones (excluding diaryl/α,β-unsaturated/α-hetero) is 1. The van der Waals surface area contributed by atoms with Crippen molar-refractivity contribution in [1.82, 2.24) is 20.0 Å². The summed E-state index contributed by atoms with van der Waals surface area (Å²) >= 11 is 12.5. The fourth-order valence-corrected chi connectivity index (χ4v) is 4.36. The van der Waals surface area contributed by atoms with E-state index in [-0.39, 0.29) is 18.6 Å². The molecular formula is C26H18Cl2N4O3. The molecule has 0 aliphatic heterocycles. The third-order valence-corrected chi connectivity index (χ3v) is 6.15. The van der Waals surface area contributed by atoms with Crippen molar-refractivity contribution in [3.05, 3.63) is 88.5 Å². The van der Waals surface area contributed by atoms with Crippen LogP contribution in [0.2, 0.25) is 10.0 Å². The molecule has 0 radical (unpaired) electrons. The van der Waals surface area contributed by atoms with Gasteiger partial charge in [-0.05, 0) is 36.4 Å². The van der Waals surface area contributed by atoms with Crippen molar-refractivity contribution in [3.8, 4) is 17.2 Å². The van der Waals surface area contributed by atoms with Gasteiger partial charge in [-0.3, -0.25) is 19.4 Å². The maximum atomic E-state index is 13.0. The molecule has 1 amide bonds. The van der Waals surface area contributed by atoms with Crippen LogP contribution in [0.3, 0.4) is 0 Å². The molecule has 0 aliphatic carbocycles. The molecular weight excluding hydrogens is 487 g/mol. The van der Waals surface area contributed by atoms with E-state index in [1.165, 1.54) is 0 Å². The van der Waals surface area contributed by atoms with Crippen LogP contribution in [-0.4, -0.2) is 31.4 Å². The zero-order valence-electron chi connectivity index (χ0n) is 18.2. The number of halogens is 2. The lowest BCUT2D eigenvalue weighted by atomic mass is 10.1. The quantitative estimate of drug-likeness (QED) is 0.167. The first kappa shape index (κ1) is 23.0. The Balaban J connectivity index is 1.71. The summed E-state index contributed by atoms with van der Waals surface area (Å²) in [4.78, 5) is 34.1. The number of fused-ring (bicyclic) bond motifs is 2. The van der Waals surface area contributed by atoms with E-state index in [0.29, 0.717) is 43.7 Å². The van der Waals surface area contributed by atoms with E-state index in [1.54, 1.807) is 40.5 Å². The van der Waals surface area contributed by atoms with Gasteiger partial charge in [0.15, 0.2) is 5.78 Å². The highest BCUT2D eigenvalue weighted by Crippen LogP contribution is 2.32. The van der Waals surface area contributed by atoms with E-state index in [2.05, 4.69) is 0 Å². The van der Waals surface area contributed by atoms with Gasteiger partial charge < -0.3 is 0 Å². The van der Waals surface area contributed by atoms with Crippen LogP contribution in [-0.2, 0) is 4.79 Å². The van der Waals surface area contributed by atoms with Crippen molar-refractivity contribution in [3.63, 3.8) is 0 Å². The third kappa shape index (κ3) is 4.49. The van der Waals surface area contributed by atoms with E-state index < -0.39 is 5.91 Å². The molecule has 3 aromatic carbocycles. The number of hydrogen-bond acceptors (Lipinski definition) is 5. The largest absolute Gasteiger partial charge is 0.294 e. The number of hydrogen-bond donors (Lipinski definition) is 2. The van der Waals surface area contributed by atoms with Crippen molar-refractivity contribution in [2.75, 3.05) is 0 Å². The van der Waals surface area contributed by atoms with Crippen LogP contribution in [0.25, 0.3) is 39.0 Å². The summed E-state index contributed by atoms with van der Waals surface area (Å²) in [6.07, 6.45) is 1.43. The number of carbonyl (C=O) groups is 2. The number of rotatable bonds is 6. The normalized spacial score (nSPS) is 11.2. The Bertz CT molecular complexity index is 1600. The first-order chi connectivity index (χ1) is 16.9. The Morgan fingerprint density at radius 3 is 2.34 bits per heavy atom. The van der Waals surface area contributed by atoms with E-state index in [1.807, 2.05) is 42.5 Å². The van der Waals surface area contributed by atoms with Crippen molar-refractivity contribution in [2.24, 2.45) is 0 Å². The van der Waals surface area contributed by atoms with Gasteiger partial charge in [-0.2, -0.15) is 0 Å². The molecule has 2 aromatic heterocycles. The minimum absolute atomic E-state index is 0.0790. The first-order valence-electron chi connectivity index (χ1n) is 10.7. The second-order valence-electron chi connectivity index (χ2n) is 7.93. The number of hydroxylamine groups is 1. The van der Waals surface area contributed by atoms with Crippen LogP contribution in [0.5, 0.6) is 0 Å². The van der Waals surface area contributed by atoms with Crippen LogP contribution in [0.15, 0.2) is 72.9 Å². The molecule has 0 aliphatic rings. The summed E-state index contributed by atoms with van der Waals surface area (Å²) < 4.78 is 1.74. The molecule has 0 spiro atoms. The van der Waals surface area contributed by atoms with E-state index in [4.69, 9.17) is 38.4 Å². The van der Waals surface area contributed by atoms with Crippen molar-refractivity contribution in [1.29, 1.82) is 0 Å². The van der Waals surface area contributed by atoms with Crippen LogP contribution in [0.4, 0.5) is 0 Å². The second-order valence-corrected chi connectivity index (χ2v) is 8.80. The smallest absolute Gasteiger partial charge is 0.243 e. The molecule has 174 valence electrons. The number of carbonyl (C=O) groups excluding carboxylic acids is 2. The Morgan fingerprint density at radius 1 is 0.886 bits per heavy atom. The van der Waals surface area contributed by atoms with Gasteiger partial charge in [0.2, 0.25) is 11.9 Å². The highest BCUT2D eigenvalue weighted by Gasteiger charge is 2.20. The second kappa shape index (κ2) is 9.46. The van der Waals surface area contributed by atoms with Gasteiger partial charge in [-0.25, -0.2) is 15.4 Å². The predicted molar refractivity (Wildman–Crippen MR) is 135 cm³/mol. The Labute approximate surface area is 209 Å². The zero-order valence-corrected chi connectivity index (χ0v) is 19.7. The van der Waals surface area contributed by atoms with Gasteiger partial charge in [-0.1, -0.05) is 53.5 Å². The zero-order chi connectivity index (χ0) is 24.5. The summed E-state index contributed by atoms with van der Waals surface area (Å²) in [7, 11) is 0. The molecule has 5 rings (SSSR count). The van der Waals surface area contributed by atoms with Gasteiger partial charge in [0.05, 0.1) is 16.7 Å². The molecule has 0 saturated carbocycles. The molecule has 35 heavy (non-hydrogen) atoms. The van der Waals surface area contributed by atoms with E-state index >= 15 is 0 Å². The standard InChI is InChI=1S/C26H18Cl2N4O3/c27-16-6-8-21-19(13-16)25(15-4-2-1-3-5-15)30-26(29-21)32-14-20(23(33)10-11-24(34)31-35)18-12-17(28)7-9-22(18)32/h1-9,12-14,35H,10-11H2,(H,31,34). The van der Waals surface area contributed by atoms with Gasteiger partial charge in [0.1, 0.15) is 0 Å². The summed E-state index contributed by atoms with van der Waals surface area (Å²) in [5, 5.41) is 11.2. The maximum absolute atomic E-state index is 13.0. The summed E-state index contributed by atoms with van der Waals surface area (Å²) in [6.45, 7) is 0. The molecule has 0 atom stereocenters. The summed E-state index contributed by atoms with van der Waals surface area (Å²) in [5.41, 5.74) is 4.92. The van der Waals surface area contributed by atoms with Gasteiger partial charge in [0, 0.05) is 51.0 Å². The maximum Gasteiger partial charge on any atom is 0.243 e. The molecule has 5 aromatic rings. The third-order valence-electron chi connectivity index (χ3n) is 5.68. The number of nitrogens with zero attached hydrogens (tertiary/aromatic N) is 3. The SMILES string of the molecule is O=C(CCC(=O)c1cn(-c2nc(-c3ccccc3)c3cc(Cl)ccc3n2)c2ccc(Cl)cc12)NO. The molecule has 2 heterocycles. The number of aromatic nitrogens is 3. The molecule has 0 bridgehead atoms. The Hall–Kier alpha value is -3.78. The Morgan fingerprint density at radius 2 is 1.60 bits per heavy atom. The molecule has 0 unspecified atom stereocenters. The summed E-state index contributed by atoms with van der Waals surface area (Å²) in [5.74, 6) is -0.530. The minimum Gasteiger partial charge on any atom is -0.294 e. The highest BCUT2D eigenvalue weighted by atomic mass is 35.5. The van der Waals surface area contributed by atoms with E-state index in [9.17, 15) is 9.59 Å². The van der Waals surface area contributed by atoms with E-state index in [0.717, 1.165) is 10.9 Å². The fourth-order valence-electron chi connectivity index (χ4n) is 4.02. The molecule has 2 N–H and O–H groups in total. The van der Waals surface area contributed by atoms with Crippen LogP contribution in [0, 0.1) is 0 Å². The lowest BCUT2D eigenvalue weighted by Crippen LogP contribution is -2.19. The highest BCUT2D eigenvalue weighted by molar-refractivity contribution is 6.32. The summed E-state index contributed by atoms with van der Waals surface area (Å²) in [6, 6.07) is 20.4. The average molecular weight is 505 g/mol. The predicted octanol–water partition coefficient (Wildman–Crippen LogP) is 6.02. The van der Waals surface area contributed by atoms with Crippen LogP contribution in [0.1, 0.15) is 23.2 Å². The van der Waals surface area contributed by atoms with Crippen molar-refractivity contribution < 1.29 is 14.8 Å². The average Bonchev–Trinajstić information content (AvgIpc) is 3.25. The number of benzene rings is 3. The van der Waals surface area contributed by atoms with Gasteiger partial charge >= 0.3 is 0 Å². The lowest BCUT2D eigenvalue weighted by Gasteiger charge is -2.11.